The van der Waals surface area contributed by atoms with Crippen molar-refractivity contribution in [3.8, 4) is 5.75 Å². The van der Waals surface area contributed by atoms with Crippen LogP contribution in [-0.2, 0) is 9.59 Å². The van der Waals surface area contributed by atoms with Gasteiger partial charge in [-0.1, -0.05) is 19.1 Å². The van der Waals surface area contributed by atoms with E-state index in [-0.39, 0.29) is 30.5 Å². The summed E-state index contributed by atoms with van der Waals surface area (Å²) < 4.78 is 19.4. The molecule has 1 atom stereocenters. The van der Waals surface area contributed by atoms with Crippen molar-refractivity contribution in [2.24, 2.45) is 5.92 Å². The van der Waals surface area contributed by atoms with Gasteiger partial charge < -0.3 is 15.0 Å². The number of carbonyl (C=O) groups excluding carboxylic acids is 2. The molecule has 6 heteroatoms. The van der Waals surface area contributed by atoms with Crippen molar-refractivity contribution in [1.82, 2.24) is 0 Å². The maximum Gasteiger partial charge on any atom is 0.229 e. The number of hydrogen-bond donors (Lipinski definition) is 1. The SMILES string of the molecule is CCCOc1ccc(NC(=O)[C@@H]2CC(=O)N(c3ccccc3F)C2)cc1. The topological polar surface area (TPSA) is 58.6 Å². The largest absolute Gasteiger partial charge is 0.494 e. The summed E-state index contributed by atoms with van der Waals surface area (Å²) in [5, 5.41) is 2.81. The monoisotopic (exact) mass is 356 g/mol. The third-order valence-corrected chi connectivity index (χ3v) is 4.23. The highest BCUT2D eigenvalue weighted by Gasteiger charge is 2.36. The normalized spacial score (nSPS) is 16.6. The second kappa shape index (κ2) is 7.99. The number of amides is 2. The number of nitrogens with one attached hydrogen (secondary N) is 1. The first-order chi connectivity index (χ1) is 12.6. The molecular weight excluding hydrogens is 335 g/mol. The van der Waals surface area contributed by atoms with Gasteiger partial charge in [0, 0.05) is 18.7 Å². The van der Waals surface area contributed by atoms with Crippen LogP contribution in [0.3, 0.4) is 0 Å². The second-order valence-corrected chi connectivity index (χ2v) is 6.22. The third-order valence-electron chi connectivity index (χ3n) is 4.23. The maximum absolute atomic E-state index is 13.9. The second-order valence-electron chi connectivity index (χ2n) is 6.22. The summed E-state index contributed by atoms with van der Waals surface area (Å²) in [6.45, 7) is 2.84. The van der Waals surface area contributed by atoms with E-state index in [4.69, 9.17) is 4.74 Å². The van der Waals surface area contributed by atoms with Gasteiger partial charge in [-0.3, -0.25) is 9.59 Å². The highest BCUT2D eigenvalue weighted by molar-refractivity contribution is 6.03. The summed E-state index contributed by atoms with van der Waals surface area (Å²) in [7, 11) is 0. The summed E-state index contributed by atoms with van der Waals surface area (Å²) in [6.07, 6.45) is 0.991. The maximum atomic E-state index is 13.9. The number of benzene rings is 2. The Balaban J connectivity index is 1.62. The minimum absolute atomic E-state index is 0.0673. The van der Waals surface area contributed by atoms with Crippen LogP contribution in [0.1, 0.15) is 19.8 Å². The van der Waals surface area contributed by atoms with Gasteiger partial charge in [-0.25, -0.2) is 4.39 Å². The average Bonchev–Trinajstić information content (AvgIpc) is 3.03. The molecule has 0 unspecified atom stereocenters. The third kappa shape index (κ3) is 4.02. The van der Waals surface area contributed by atoms with Crippen molar-refractivity contribution >= 4 is 23.2 Å². The molecule has 2 aromatic carbocycles. The molecule has 0 spiro atoms. The fourth-order valence-electron chi connectivity index (χ4n) is 2.89. The van der Waals surface area contributed by atoms with E-state index in [1.54, 1.807) is 42.5 Å². The van der Waals surface area contributed by atoms with E-state index in [1.807, 2.05) is 6.92 Å². The van der Waals surface area contributed by atoms with E-state index in [9.17, 15) is 14.0 Å². The predicted octanol–water partition coefficient (Wildman–Crippen LogP) is 3.61. The molecule has 136 valence electrons. The molecule has 1 saturated heterocycles. The zero-order chi connectivity index (χ0) is 18.5. The van der Waals surface area contributed by atoms with Crippen molar-refractivity contribution in [3.05, 3.63) is 54.3 Å². The van der Waals surface area contributed by atoms with Gasteiger partial charge in [0.15, 0.2) is 0 Å². The summed E-state index contributed by atoms with van der Waals surface area (Å²) in [6, 6.07) is 13.2. The van der Waals surface area contributed by atoms with Gasteiger partial charge in [-0.05, 0) is 42.8 Å². The molecule has 1 aliphatic heterocycles. The molecule has 3 rings (SSSR count). The van der Waals surface area contributed by atoms with Crippen LogP contribution in [-0.4, -0.2) is 25.0 Å². The lowest BCUT2D eigenvalue weighted by atomic mass is 10.1. The van der Waals surface area contributed by atoms with Crippen molar-refractivity contribution in [3.63, 3.8) is 0 Å². The molecule has 5 nitrogen and oxygen atoms in total. The number of para-hydroxylation sites is 1. The first-order valence-corrected chi connectivity index (χ1v) is 8.67. The van der Waals surface area contributed by atoms with Crippen molar-refractivity contribution in [1.29, 1.82) is 0 Å². The van der Waals surface area contributed by atoms with E-state index in [0.29, 0.717) is 12.3 Å². The zero-order valence-electron chi connectivity index (χ0n) is 14.6. The van der Waals surface area contributed by atoms with Crippen LogP contribution in [0.2, 0.25) is 0 Å². The lowest BCUT2D eigenvalue weighted by molar-refractivity contribution is -0.122. The first-order valence-electron chi connectivity index (χ1n) is 8.67. The Morgan fingerprint density at radius 1 is 1.23 bits per heavy atom. The summed E-state index contributed by atoms with van der Waals surface area (Å²) >= 11 is 0. The number of halogens is 1. The van der Waals surface area contributed by atoms with Gasteiger partial charge in [-0.2, -0.15) is 0 Å². The van der Waals surface area contributed by atoms with Crippen LogP contribution in [0.4, 0.5) is 15.8 Å². The van der Waals surface area contributed by atoms with Crippen LogP contribution in [0.5, 0.6) is 5.75 Å². The molecule has 0 saturated carbocycles. The van der Waals surface area contributed by atoms with Gasteiger partial charge in [0.1, 0.15) is 11.6 Å². The number of anilines is 2. The molecule has 26 heavy (non-hydrogen) atoms. The van der Waals surface area contributed by atoms with Crippen LogP contribution >= 0.6 is 0 Å². The Hall–Kier alpha value is -2.89. The Labute approximate surface area is 151 Å². The lowest BCUT2D eigenvalue weighted by Crippen LogP contribution is -2.28. The van der Waals surface area contributed by atoms with E-state index < -0.39 is 11.7 Å². The Morgan fingerprint density at radius 3 is 2.65 bits per heavy atom. The molecule has 0 aliphatic carbocycles. The van der Waals surface area contributed by atoms with Crippen LogP contribution in [0.25, 0.3) is 0 Å². The Morgan fingerprint density at radius 2 is 1.96 bits per heavy atom. The molecule has 1 heterocycles. The molecule has 1 aliphatic rings. The standard InChI is InChI=1S/C20H21FN2O3/c1-2-11-26-16-9-7-15(8-10-16)22-20(25)14-12-19(24)23(13-14)18-6-4-3-5-17(18)21/h3-10,14H,2,11-13H2,1H3,(H,22,25)/t14-/m1/s1. The van der Waals surface area contributed by atoms with Crippen molar-refractivity contribution in [2.45, 2.75) is 19.8 Å². The number of hydrogen-bond acceptors (Lipinski definition) is 3. The van der Waals surface area contributed by atoms with E-state index in [2.05, 4.69) is 5.32 Å². The molecule has 2 amide bonds. The molecule has 1 fully saturated rings. The van der Waals surface area contributed by atoms with Crippen molar-refractivity contribution in [2.75, 3.05) is 23.4 Å². The van der Waals surface area contributed by atoms with Crippen molar-refractivity contribution < 1.29 is 18.7 Å². The fraction of sp³-hybridized carbons (Fsp3) is 0.300. The number of rotatable bonds is 6. The molecule has 1 N–H and O–H groups in total. The van der Waals surface area contributed by atoms with Gasteiger partial charge in [0.05, 0.1) is 18.2 Å². The first kappa shape index (κ1) is 17.9. The predicted molar refractivity (Wildman–Crippen MR) is 97.7 cm³/mol. The van der Waals surface area contributed by atoms with Crippen LogP contribution in [0, 0.1) is 11.7 Å². The smallest absolute Gasteiger partial charge is 0.229 e. The van der Waals surface area contributed by atoms with Crippen LogP contribution < -0.4 is 15.0 Å². The van der Waals surface area contributed by atoms with E-state index in [0.717, 1.165) is 12.2 Å². The van der Waals surface area contributed by atoms with Gasteiger partial charge >= 0.3 is 0 Å². The Kier molecular flexibility index (Phi) is 5.51. The van der Waals surface area contributed by atoms with Crippen LogP contribution in [0.15, 0.2) is 48.5 Å². The molecule has 0 radical (unpaired) electrons. The van der Waals surface area contributed by atoms with Gasteiger partial charge in [0.25, 0.3) is 0 Å². The minimum atomic E-state index is -0.516. The lowest BCUT2D eigenvalue weighted by Gasteiger charge is -2.17. The fourth-order valence-corrected chi connectivity index (χ4v) is 2.89. The minimum Gasteiger partial charge on any atom is -0.494 e. The zero-order valence-corrected chi connectivity index (χ0v) is 14.6. The van der Waals surface area contributed by atoms with Gasteiger partial charge in [0.2, 0.25) is 11.8 Å². The number of carbonyl (C=O) groups is 2. The van der Waals surface area contributed by atoms with E-state index in [1.165, 1.54) is 11.0 Å². The molecule has 2 aromatic rings. The van der Waals surface area contributed by atoms with Gasteiger partial charge in [-0.15, -0.1) is 0 Å². The molecule has 0 aromatic heterocycles. The number of ether oxygens (including phenoxy) is 1. The highest BCUT2D eigenvalue weighted by Crippen LogP contribution is 2.28. The highest BCUT2D eigenvalue weighted by atomic mass is 19.1. The average molecular weight is 356 g/mol. The molecule has 0 bridgehead atoms. The molecular formula is C20H21FN2O3. The number of nitrogens with zero attached hydrogens (tertiary/aromatic N) is 1. The summed E-state index contributed by atoms with van der Waals surface area (Å²) in [5.74, 6) is -0.743. The summed E-state index contributed by atoms with van der Waals surface area (Å²) in [4.78, 5) is 26.0. The van der Waals surface area contributed by atoms with E-state index >= 15 is 0 Å². The quantitative estimate of drug-likeness (QED) is 0.860. The summed E-state index contributed by atoms with van der Waals surface area (Å²) in [5.41, 5.74) is 0.848. The Bertz CT molecular complexity index is 792.